The fourth-order valence-electron chi connectivity index (χ4n) is 2.95. The Balaban J connectivity index is 1.56. The van der Waals surface area contributed by atoms with Crippen molar-refractivity contribution in [1.29, 1.82) is 0 Å². The molecule has 2 aromatic heterocycles. The summed E-state index contributed by atoms with van der Waals surface area (Å²) in [6.07, 6.45) is 3.00. The summed E-state index contributed by atoms with van der Waals surface area (Å²) in [4.78, 5) is 29.6. The minimum Gasteiger partial charge on any atom is -0.277 e. The number of amides is 1. The van der Waals surface area contributed by atoms with Gasteiger partial charge in [-0.2, -0.15) is 5.10 Å². The highest BCUT2D eigenvalue weighted by Crippen LogP contribution is 2.19. The molecule has 9 heteroatoms. The number of nitrogens with one attached hydrogen (secondary N) is 2. The first-order valence-corrected chi connectivity index (χ1v) is 9.32. The predicted molar refractivity (Wildman–Crippen MR) is 111 cm³/mol. The topological polar surface area (TPSA) is 93.8 Å². The first-order chi connectivity index (χ1) is 14.1. The molecule has 0 aliphatic heterocycles. The van der Waals surface area contributed by atoms with Crippen molar-refractivity contribution in [3.8, 4) is 5.69 Å². The fourth-order valence-corrected chi connectivity index (χ4v) is 3.17. The second-order valence-electron chi connectivity index (χ2n) is 6.21. The Hall–Kier alpha value is -3.65. The summed E-state index contributed by atoms with van der Waals surface area (Å²) in [6.45, 7) is 2.23. The number of para-hydroxylation sites is 2. The smallest absolute Gasteiger partial charge is 0.272 e. The average Bonchev–Trinajstić information content (AvgIpc) is 3.22. The zero-order valence-corrected chi connectivity index (χ0v) is 16.2. The Morgan fingerprint density at radius 2 is 1.90 bits per heavy atom. The lowest BCUT2D eigenvalue weighted by atomic mass is 10.2. The van der Waals surface area contributed by atoms with E-state index in [9.17, 15) is 9.59 Å². The van der Waals surface area contributed by atoms with Crippen molar-refractivity contribution < 1.29 is 4.79 Å². The lowest BCUT2D eigenvalue weighted by Gasteiger charge is -2.13. The van der Waals surface area contributed by atoms with Gasteiger partial charge in [0.2, 0.25) is 5.95 Å². The predicted octanol–water partition coefficient (Wildman–Crippen LogP) is 3.01. The van der Waals surface area contributed by atoms with Gasteiger partial charge in [-0.1, -0.05) is 35.9 Å². The summed E-state index contributed by atoms with van der Waals surface area (Å²) in [5.41, 5.74) is 6.66. The Bertz CT molecular complexity index is 1260. The number of carbonyl (C=O) groups excluding carboxylic acids is 1. The largest absolute Gasteiger partial charge is 0.277 e. The maximum atomic E-state index is 12.6. The van der Waals surface area contributed by atoms with Gasteiger partial charge in [0.1, 0.15) is 0 Å². The van der Waals surface area contributed by atoms with Crippen LogP contribution in [0.25, 0.3) is 16.6 Å². The normalized spacial score (nSPS) is 10.8. The first-order valence-electron chi connectivity index (χ1n) is 8.94. The molecule has 0 unspecified atom stereocenters. The summed E-state index contributed by atoms with van der Waals surface area (Å²) >= 11 is 6.17. The molecule has 146 valence electrons. The molecular weight excluding hydrogens is 392 g/mol. The number of hydrazine groups is 1. The van der Waals surface area contributed by atoms with E-state index in [0.717, 1.165) is 0 Å². The van der Waals surface area contributed by atoms with Gasteiger partial charge in [0, 0.05) is 12.7 Å². The molecule has 2 heterocycles. The van der Waals surface area contributed by atoms with Crippen molar-refractivity contribution in [1.82, 2.24) is 24.8 Å². The van der Waals surface area contributed by atoms with E-state index in [0.29, 0.717) is 33.7 Å². The van der Waals surface area contributed by atoms with Crippen LogP contribution in [-0.4, -0.2) is 25.2 Å². The third kappa shape index (κ3) is 3.57. The molecule has 4 aromatic rings. The second kappa shape index (κ2) is 7.76. The lowest BCUT2D eigenvalue weighted by molar-refractivity contribution is 0.0962. The van der Waals surface area contributed by atoms with E-state index in [-0.39, 0.29) is 11.5 Å². The summed E-state index contributed by atoms with van der Waals surface area (Å²) in [7, 11) is 0. The molecule has 0 saturated heterocycles. The number of hydrogen-bond acceptors (Lipinski definition) is 5. The molecule has 0 bridgehead atoms. The van der Waals surface area contributed by atoms with Crippen LogP contribution in [0.1, 0.15) is 17.3 Å². The van der Waals surface area contributed by atoms with Gasteiger partial charge in [-0.25, -0.2) is 9.67 Å². The number of benzene rings is 2. The third-order valence-corrected chi connectivity index (χ3v) is 4.73. The summed E-state index contributed by atoms with van der Waals surface area (Å²) < 4.78 is 2.98. The molecule has 0 aliphatic carbocycles. The highest BCUT2D eigenvalue weighted by atomic mass is 35.5. The SMILES string of the molecule is CCn1c(NNC(=O)c2cnn(-c3ccccc3Cl)c2)nc2ccccc2c1=O. The number of aromatic nitrogens is 4. The molecule has 29 heavy (non-hydrogen) atoms. The molecule has 0 spiro atoms. The number of nitrogens with zero attached hydrogens (tertiary/aromatic N) is 4. The minimum atomic E-state index is -0.423. The molecule has 0 fully saturated rings. The van der Waals surface area contributed by atoms with Crippen molar-refractivity contribution in [2.45, 2.75) is 13.5 Å². The number of halogens is 1. The third-order valence-electron chi connectivity index (χ3n) is 4.41. The van der Waals surface area contributed by atoms with Crippen molar-refractivity contribution in [2.75, 3.05) is 5.43 Å². The average molecular weight is 409 g/mol. The number of anilines is 1. The van der Waals surface area contributed by atoms with E-state index in [1.54, 1.807) is 42.6 Å². The zero-order chi connectivity index (χ0) is 20.4. The van der Waals surface area contributed by atoms with Crippen LogP contribution in [0.3, 0.4) is 0 Å². The Morgan fingerprint density at radius 1 is 1.14 bits per heavy atom. The number of carbonyl (C=O) groups is 1. The van der Waals surface area contributed by atoms with Crippen molar-refractivity contribution in [2.24, 2.45) is 0 Å². The van der Waals surface area contributed by atoms with Crippen LogP contribution in [0.5, 0.6) is 0 Å². The first kappa shape index (κ1) is 18.7. The van der Waals surface area contributed by atoms with E-state index >= 15 is 0 Å². The molecular formula is C20H17ClN6O2. The van der Waals surface area contributed by atoms with Gasteiger partial charge in [0.05, 0.1) is 33.4 Å². The van der Waals surface area contributed by atoms with Crippen molar-refractivity contribution in [3.63, 3.8) is 0 Å². The molecule has 4 rings (SSSR count). The molecule has 0 radical (unpaired) electrons. The van der Waals surface area contributed by atoms with Gasteiger partial charge in [-0.15, -0.1) is 0 Å². The monoisotopic (exact) mass is 408 g/mol. The van der Waals surface area contributed by atoms with Crippen LogP contribution in [-0.2, 0) is 6.54 Å². The molecule has 2 N–H and O–H groups in total. The van der Waals surface area contributed by atoms with Gasteiger partial charge < -0.3 is 0 Å². The highest BCUT2D eigenvalue weighted by molar-refractivity contribution is 6.32. The Kier molecular flexibility index (Phi) is 5.01. The maximum absolute atomic E-state index is 12.6. The molecule has 1 amide bonds. The van der Waals surface area contributed by atoms with Gasteiger partial charge in [-0.3, -0.25) is 25.0 Å². The molecule has 0 aliphatic rings. The Morgan fingerprint density at radius 3 is 2.69 bits per heavy atom. The molecule has 2 aromatic carbocycles. The molecule has 0 saturated carbocycles. The van der Waals surface area contributed by atoms with Gasteiger partial charge in [0.25, 0.3) is 11.5 Å². The number of hydrogen-bond donors (Lipinski definition) is 2. The van der Waals surface area contributed by atoms with Crippen molar-refractivity contribution in [3.05, 3.63) is 81.9 Å². The van der Waals surface area contributed by atoms with Crippen LogP contribution in [0.4, 0.5) is 5.95 Å². The Labute approximate surface area is 170 Å². The van der Waals surface area contributed by atoms with Crippen LogP contribution in [0, 0.1) is 0 Å². The second-order valence-corrected chi connectivity index (χ2v) is 6.61. The van der Waals surface area contributed by atoms with Crippen LogP contribution >= 0.6 is 11.6 Å². The molecule has 0 atom stereocenters. The van der Waals surface area contributed by atoms with Crippen LogP contribution in [0.2, 0.25) is 5.02 Å². The van der Waals surface area contributed by atoms with E-state index in [1.165, 1.54) is 15.4 Å². The number of rotatable bonds is 5. The van der Waals surface area contributed by atoms with Gasteiger partial charge >= 0.3 is 0 Å². The van der Waals surface area contributed by atoms with E-state index in [4.69, 9.17) is 11.6 Å². The summed E-state index contributed by atoms with van der Waals surface area (Å²) in [6, 6.07) is 14.3. The maximum Gasteiger partial charge on any atom is 0.272 e. The van der Waals surface area contributed by atoms with Crippen molar-refractivity contribution >= 4 is 34.4 Å². The van der Waals surface area contributed by atoms with E-state index in [2.05, 4.69) is 20.9 Å². The van der Waals surface area contributed by atoms with Gasteiger partial charge in [0.15, 0.2) is 0 Å². The van der Waals surface area contributed by atoms with E-state index < -0.39 is 5.91 Å². The van der Waals surface area contributed by atoms with Gasteiger partial charge in [-0.05, 0) is 31.2 Å². The summed E-state index contributed by atoms with van der Waals surface area (Å²) in [5.74, 6) is -0.170. The zero-order valence-electron chi connectivity index (χ0n) is 15.5. The standard InChI is InChI=1S/C20H17ClN6O2/c1-2-26-19(29)14-7-3-5-9-16(14)23-20(26)25-24-18(28)13-11-22-27(12-13)17-10-6-4-8-15(17)21/h3-12H,2H2,1H3,(H,23,25)(H,24,28). The summed E-state index contributed by atoms with van der Waals surface area (Å²) in [5, 5.41) is 5.23. The van der Waals surface area contributed by atoms with E-state index in [1.807, 2.05) is 19.1 Å². The lowest BCUT2D eigenvalue weighted by Crippen LogP contribution is -2.34. The fraction of sp³-hybridized carbons (Fsp3) is 0.100. The minimum absolute atomic E-state index is 0.179. The van der Waals surface area contributed by atoms with Crippen LogP contribution < -0.4 is 16.4 Å². The quantitative estimate of drug-likeness (QED) is 0.495. The van der Waals surface area contributed by atoms with Crippen LogP contribution in [0.15, 0.2) is 65.7 Å². The number of fused-ring (bicyclic) bond motifs is 1. The highest BCUT2D eigenvalue weighted by Gasteiger charge is 2.13. The molecule has 8 nitrogen and oxygen atoms in total.